The SMILES string of the molecule is CCN(CCNC(=O)OC(C)(C)C)c1cc(OC)ncn1. The predicted molar refractivity (Wildman–Crippen MR) is 80.7 cm³/mol. The molecule has 1 aromatic rings. The third-order valence-corrected chi connectivity index (χ3v) is 2.59. The fourth-order valence-electron chi connectivity index (χ4n) is 1.66. The van der Waals surface area contributed by atoms with E-state index in [1.54, 1.807) is 13.2 Å². The van der Waals surface area contributed by atoms with E-state index in [1.165, 1.54) is 6.33 Å². The lowest BCUT2D eigenvalue weighted by molar-refractivity contribution is 0.0529. The van der Waals surface area contributed by atoms with E-state index in [4.69, 9.17) is 9.47 Å². The maximum absolute atomic E-state index is 11.6. The second-order valence-corrected chi connectivity index (χ2v) is 5.43. The third-order valence-electron chi connectivity index (χ3n) is 2.59. The molecule has 0 aliphatic heterocycles. The van der Waals surface area contributed by atoms with Crippen molar-refractivity contribution in [3.63, 3.8) is 0 Å². The number of carbonyl (C=O) groups is 1. The molecule has 1 amide bonds. The fraction of sp³-hybridized carbons (Fsp3) is 0.643. The second kappa shape index (κ2) is 7.66. The molecule has 0 fully saturated rings. The number of alkyl carbamates (subject to hydrolysis) is 1. The molecule has 0 bridgehead atoms. The highest BCUT2D eigenvalue weighted by atomic mass is 16.6. The highest BCUT2D eigenvalue weighted by Gasteiger charge is 2.16. The molecule has 118 valence electrons. The number of hydrogen-bond donors (Lipinski definition) is 1. The molecule has 7 nitrogen and oxygen atoms in total. The van der Waals surface area contributed by atoms with E-state index in [0.717, 1.165) is 12.4 Å². The maximum atomic E-state index is 11.6. The number of likely N-dealkylation sites (N-methyl/N-ethyl adjacent to an activating group) is 1. The van der Waals surface area contributed by atoms with Gasteiger partial charge in [0.1, 0.15) is 17.7 Å². The van der Waals surface area contributed by atoms with Crippen LogP contribution in [0.3, 0.4) is 0 Å². The van der Waals surface area contributed by atoms with Gasteiger partial charge < -0.3 is 19.7 Å². The summed E-state index contributed by atoms with van der Waals surface area (Å²) >= 11 is 0. The van der Waals surface area contributed by atoms with Gasteiger partial charge in [-0.2, -0.15) is 0 Å². The highest BCUT2D eigenvalue weighted by Crippen LogP contribution is 2.14. The van der Waals surface area contributed by atoms with Crippen LogP contribution in [0.5, 0.6) is 5.88 Å². The van der Waals surface area contributed by atoms with Gasteiger partial charge in [0.05, 0.1) is 7.11 Å². The lowest BCUT2D eigenvalue weighted by Gasteiger charge is -2.23. The van der Waals surface area contributed by atoms with E-state index in [1.807, 2.05) is 32.6 Å². The molecule has 0 aromatic carbocycles. The fourth-order valence-corrected chi connectivity index (χ4v) is 1.66. The quantitative estimate of drug-likeness (QED) is 0.863. The first-order valence-corrected chi connectivity index (χ1v) is 6.93. The molecule has 0 saturated heterocycles. The molecule has 0 aliphatic rings. The molecule has 1 aromatic heterocycles. The number of amides is 1. The minimum atomic E-state index is -0.492. The molecule has 21 heavy (non-hydrogen) atoms. The Morgan fingerprint density at radius 2 is 2.10 bits per heavy atom. The van der Waals surface area contributed by atoms with Gasteiger partial charge in [-0.05, 0) is 27.7 Å². The summed E-state index contributed by atoms with van der Waals surface area (Å²) in [4.78, 5) is 21.8. The van der Waals surface area contributed by atoms with Crippen LogP contribution in [-0.4, -0.2) is 48.4 Å². The van der Waals surface area contributed by atoms with Crippen LogP contribution in [-0.2, 0) is 4.74 Å². The van der Waals surface area contributed by atoms with Crippen LogP contribution in [0, 0.1) is 0 Å². The molecule has 0 radical (unpaired) electrons. The van der Waals surface area contributed by atoms with Crippen LogP contribution in [0.15, 0.2) is 12.4 Å². The Hall–Kier alpha value is -2.05. The molecule has 0 spiro atoms. The van der Waals surface area contributed by atoms with Crippen LogP contribution in [0.1, 0.15) is 27.7 Å². The zero-order valence-corrected chi connectivity index (χ0v) is 13.3. The van der Waals surface area contributed by atoms with Gasteiger partial charge in [-0.1, -0.05) is 0 Å². The molecule has 1 rings (SSSR count). The monoisotopic (exact) mass is 296 g/mol. The van der Waals surface area contributed by atoms with E-state index in [0.29, 0.717) is 19.0 Å². The van der Waals surface area contributed by atoms with E-state index < -0.39 is 11.7 Å². The van der Waals surface area contributed by atoms with Crippen LogP contribution < -0.4 is 15.0 Å². The largest absolute Gasteiger partial charge is 0.481 e. The van der Waals surface area contributed by atoms with Crippen LogP contribution >= 0.6 is 0 Å². The Bertz CT molecular complexity index is 460. The summed E-state index contributed by atoms with van der Waals surface area (Å²) in [6.45, 7) is 9.36. The van der Waals surface area contributed by atoms with Gasteiger partial charge in [-0.15, -0.1) is 0 Å². The Labute approximate surface area is 125 Å². The van der Waals surface area contributed by atoms with Gasteiger partial charge in [-0.25, -0.2) is 14.8 Å². The average Bonchev–Trinajstić information content (AvgIpc) is 2.41. The number of methoxy groups -OCH3 is 1. The van der Waals surface area contributed by atoms with Gasteiger partial charge in [0.15, 0.2) is 0 Å². The van der Waals surface area contributed by atoms with Crippen molar-refractivity contribution in [3.05, 3.63) is 12.4 Å². The summed E-state index contributed by atoms with van der Waals surface area (Å²) in [5.74, 6) is 1.27. The van der Waals surface area contributed by atoms with Crippen molar-refractivity contribution in [2.45, 2.75) is 33.3 Å². The summed E-state index contributed by atoms with van der Waals surface area (Å²) in [5, 5.41) is 2.72. The molecular formula is C14H24N4O3. The van der Waals surface area contributed by atoms with Gasteiger partial charge in [-0.3, -0.25) is 0 Å². The number of anilines is 1. The molecule has 7 heteroatoms. The topological polar surface area (TPSA) is 76.6 Å². The van der Waals surface area contributed by atoms with Crippen molar-refractivity contribution in [3.8, 4) is 5.88 Å². The first kappa shape index (κ1) is 17.0. The molecule has 0 unspecified atom stereocenters. The smallest absolute Gasteiger partial charge is 0.407 e. The Kier molecular flexibility index (Phi) is 6.20. The average molecular weight is 296 g/mol. The third kappa shape index (κ3) is 6.29. The van der Waals surface area contributed by atoms with E-state index >= 15 is 0 Å². The maximum Gasteiger partial charge on any atom is 0.407 e. The van der Waals surface area contributed by atoms with Crippen LogP contribution in [0.25, 0.3) is 0 Å². The molecule has 0 saturated carbocycles. The summed E-state index contributed by atoms with van der Waals surface area (Å²) in [5.41, 5.74) is -0.492. The van der Waals surface area contributed by atoms with Crippen molar-refractivity contribution < 1.29 is 14.3 Å². The molecule has 1 heterocycles. The number of nitrogens with one attached hydrogen (secondary N) is 1. The number of nitrogens with zero attached hydrogens (tertiary/aromatic N) is 3. The second-order valence-electron chi connectivity index (χ2n) is 5.43. The van der Waals surface area contributed by atoms with Gasteiger partial charge >= 0.3 is 6.09 Å². The van der Waals surface area contributed by atoms with Crippen LogP contribution in [0.4, 0.5) is 10.6 Å². The number of aromatic nitrogens is 2. The first-order valence-electron chi connectivity index (χ1n) is 6.93. The number of carbonyl (C=O) groups excluding carboxylic acids is 1. The lowest BCUT2D eigenvalue weighted by Crippen LogP contribution is -2.38. The van der Waals surface area contributed by atoms with Gasteiger partial charge in [0, 0.05) is 25.7 Å². The van der Waals surface area contributed by atoms with Gasteiger partial charge in [0.2, 0.25) is 5.88 Å². The molecular weight excluding hydrogens is 272 g/mol. The standard InChI is InChI=1S/C14H24N4O3/c1-6-18(11-9-12(20-5)17-10-16-11)8-7-15-13(19)21-14(2,3)4/h9-10H,6-8H2,1-5H3,(H,15,19). The zero-order chi connectivity index (χ0) is 15.9. The Morgan fingerprint density at radius 3 is 2.67 bits per heavy atom. The van der Waals surface area contributed by atoms with E-state index in [-0.39, 0.29) is 0 Å². The Morgan fingerprint density at radius 1 is 1.38 bits per heavy atom. The zero-order valence-electron chi connectivity index (χ0n) is 13.3. The molecule has 1 N–H and O–H groups in total. The van der Waals surface area contributed by atoms with Crippen molar-refractivity contribution in [2.75, 3.05) is 31.6 Å². The summed E-state index contributed by atoms with van der Waals surface area (Å²) < 4.78 is 10.3. The Balaban J connectivity index is 2.49. The van der Waals surface area contributed by atoms with Crippen LogP contribution in [0.2, 0.25) is 0 Å². The minimum Gasteiger partial charge on any atom is -0.481 e. The van der Waals surface area contributed by atoms with Crippen molar-refractivity contribution >= 4 is 11.9 Å². The summed E-state index contributed by atoms with van der Waals surface area (Å²) in [6.07, 6.45) is 1.04. The minimum absolute atomic E-state index is 0.418. The van der Waals surface area contributed by atoms with Gasteiger partial charge in [0.25, 0.3) is 0 Å². The summed E-state index contributed by atoms with van der Waals surface area (Å²) in [7, 11) is 1.56. The highest BCUT2D eigenvalue weighted by molar-refractivity contribution is 5.67. The van der Waals surface area contributed by atoms with Crippen molar-refractivity contribution in [1.82, 2.24) is 15.3 Å². The predicted octanol–water partition coefficient (Wildman–Crippen LogP) is 1.84. The van der Waals surface area contributed by atoms with Crippen molar-refractivity contribution in [2.24, 2.45) is 0 Å². The van der Waals surface area contributed by atoms with E-state index in [2.05, 4.69) is 15.3 Å². The number of rotatable bonds is 6. The first-order chi connectivity index (χ1) is 9.85. The molecule has 0 aliphatic carbocycles. The molecule has 0 atom stereocenters. The number of hydrogen-bond acceptors (Lipinski definition) is 6. The normalized spacial score (nSPS) is 10.9. The van der Waals surface area contributed by atoms with Crippen molar-refractivity contribution in [1.29, 1.82) is 0 Å². The summed E-state index contributed by atoms with van der Waals surface area (Å²) in [6, 6.07) is 1.76. The number of ether oxygens (including phenoxy) is 2. The van der Waals surface area contributed by atoms with E-state index in [9.17, 15) is 4.79 Å². The lowest BCUT2D eigenvalue weighted by atomic mass is 10.2.